The molecule has 0 radical (unpaired) electrons. The molecule has 0 spiro atoms. The number of carbonyl (C=O) groups excluding carboxylic acids is 1. The lowest BCUT2D eigenvalue weighted by atomic mass is 9.59. The van der Waals surface area contributed by atoms with E-state index in [2.05, 4.69) is 34.6 Å². The van der Waals surface area contributed by atoms with Gasteiger partial charge in [-0.25, -0.2) is 0 Å². The summed E-state index contributed by atoms with van der Waals surface area (Å²) in [5.41, 5.74) is 0. The second-order valence-corrected chi connectivity index (χ2v) is 15.4. The Balaban J connectivity index is 1.26. The first-order chi connectivity index (χ1) is 19.4. The third kappa shape index (κ3) is 5.77. The molecule has 7 nitrogen and oxygen atoms in total. The van der Waals surface area contributed by atoms with Crippen LogP contribution in [0.25, 0.3) is 0 Å². The van der Waals surface area contributed by atoms with Gasteiger partial charge in [-0.15, -0.1) is 0 Å². The Bertz CT molecular complexity index is 938. The molecule has 0 aromatic rings. The van der Waals surface area contributed by atoms with Gasteiger partial charge in [0.2, 0.25) is 0 Å². The SMILES string of the molecule is CC(=O)OC(CC1OC2OC(C)CCC3C(C)CCC(C1C)C23)C1OC2OC(C)(O)CCC3C(C)CCC(C1C)C23. The fourth-order valence-electron chi connectivity index (χ4n) is 10.5. The minimum atomic E-state index is -1.22. The summed E-state index contributed by atoms with van der Waals surface area (Å²) in [6.45, 7) is 14.8. The normalized spacial score (nSPS) is 54.1. The molecular weight excluding hydrogens is 520 g/mol. The molecular formula is C34H56O7. The average molecular weight is 577 g/mol. The highest BCUT2D eigenvalue weighted by Crippen LogP contribution is 2.56. The van der Waals surface area contributed by atoms with Crippen molar-refractivity contribution in [2.75, 3.05) is 0 Å². The van der Waals surface area contributed by atoms with Crippen molar-refractivity contribution in [2.45, 2.75) is 149 Å². The van der Waals surface area contributed by atoms with Crippen molar-refractivity contribution < 1.29 is 33.6 Å². The molecule has 41 heavy (non-hydrogen) atoms. The summed E-state index contributed by atoms with van der Waals surface area (Å²) in [4.78, 5) is 12.5. The molecule has 17 unspecified atom stereocenters. The summed E-state index contributed by atoms with van der Waals surface area (Å²) >= 11 is 0. The van der Waals surface area contributed by atoms with Crippen molar-refractivity contribution in [3.05, 3.63) is 0 Å². The van der Waals surface area contributed by atoms with E-state index in [4.69, 9.17) is 23.7 Å². The molecule has 7 heteroatoms. The number of hydrogen-bond donors (Lipinski definition) is 1. The van der Waals surface area contributed by atoms with Crippen LogP contribution in [-0.4, -0.2) is 53.9 Å². The third-order valence-electron chi connectivity index (χ3n) is 12.8. The fraction of sp³-hybridized carbons (Fsp3) is 0.971. The van der Waals surface area contributed by atoms with E-state index in [0.717, 1.165) is 19.3 Å². The molecule has 6 rings (SSSR count). The number of hydrogen-bond acceptors (Lipinski definition) is 7. The molecule has 0 aromatic heterocycles. The first-order valence-electron chi connectivity index (χ1n) is 17.0. The van der Waals surface area contributed by atoms with Crippen molar-refractivity contribution in [1.29, 1.82) is 0 Å². The van der Waals surface area contributed by atoms with Crippen LogP contribution in [0.15, 0.2) is 0 Å². The molecule has 2 aliphatic carbocycles. The maximum absolute atomic E-state index is 12.5. The zero-order valence-electron chi connectivity index (χ0n) is 26.5. The fourth-order valence-corrected chi connectivity index (χ4v) is 10.5. The zero-order valence-corrected chi connectivity index (χ0v) is 26.5. The van der Waals surface area contributed by atoms with Crippen LogP contribution in [0.3, 0.4) is 0 Å². The lowest BCUT2D eigenvalue weighted by molar-refractivity contribution is -0.345. The van der Waals surface area contributed by atoms with Crippen LogP contribution >= 0.6 is 0 Å². The standard InChI is InChI=1S/C34H56O7/c1-17-8-11-25-20(4)27(39-32-29(25)23(17)13-10-19(3)37-32)16-28(38-22(6)35)31-21(5)26-12-9-18(2)24-14-15-34(7,36)41-33(40-31)30(24)26/h17-21,23-33,36H,8-16H2,1-7H3. The van der Waals surface area contributed by atoms with E-state index in [1.165, 1.54) is 32.6 Å². The van der Waals surface area contributed by atoms with Crippen LogP contribution in [0, 0.1) is 59.2 Å². The monoisotopic (exact) mass is 576 g/mol. The minimum Gasteiger partial charge on any atom is -0.460 e. The largest absolute Gasteiger partial charge is 0.460 e. The molecule has 6 fully saturated rings. The molecule has 4 aliphatic heterocycles. The molecule has 4 heterocycles. The highest BCUT2D eigenvalue weighted by Gasteiger charge is 2.57. The second kappa shape index (κ2) is 11.6. The molecule has 0 bridgehead atoms. The van der Waals surface area contributed by atoms with E-state index in [1.54, 1.807) is 6.92 Å². The van der Waals surface area contributed by atoms with Gasteiger partial charge in [0, 0.05) is 31.6 Å². The lowest BCUT2D eigenvalue weighted by Crippen LogP contribution is -2.58. The Morgan fingerprint density at radius 2 is 1.41 bits per heavy atom. The molecule has 234 valence electrons. The molecule has 0 aromatic carbocycles. The van der Waals surface area contributed by atoms with Crippen molar-refractivity contribution in [3.8, 4) is 0 Å². The summed E-state index contributed by atoms with van der Waals surface area (Å²) < 4.78 is 32.8. The number of aliphatic hydroxyl groups is 1. The van der Waals surface area contributed by atoms with E-state index in [1.807, 2.05) is 0 Å². The van der Waals surface area contributed by atoms with Crippen molar-refractivity contribution in [1.82, 2.24) is 0 Å². The van der Waals surface area contributed by atoms with E-state index in [0.29, 0.717) is 60.2 Å². The van der Waals surface area contributed by atoms with Gasteiger partial charge in [0.1, 0.15) is 12.2 Å². The van der Waals surface area contributed by atoms with Gasteiger partial charge in [0.05, 0.1) is 12.2 Å². The predicted octanol–water partition coefficient (Wildman–Crippen LogP) is 6.31. The quantitative estimate of drug-likeness (QED) is 0.393. The van der Waals surface area contributed by atoms with Crippen LogP contribution in [0.2, 0.25) is 0 Å². The first-order valence-corrected chi connectivity index (χ1v) is 17.0. The van der Waals surface area contributed by atoms with Gasteiger partial charge in [-0.05, 0) is 93.3 Å². The molecule has 4 saturated heterocycles. The van der Waals surface area contributed by atoms with Crippen molar-refractivity contribution >= 4 is 5.97 Å². The smallest absolute Gasteiger partial charge is 0.302 e. The van der Waals surface area contributed by atoms with Crippen LogP contribution in [-0.2, 0) is 28.5 Å². The average Bonchev–Trinajstić information content (AvgIpc) is 3.15. The van der Waals surface area contributed by atoms with E-state index in [-0.39, 0.29) is 42.4 Å². The van der Waals surface area contributed by atoms with Crippen molar-refractivity contribution in [2.24, 2.45) is 59.2 Å². The van der Waals surface area contributed by atoms with Gasteiger partial charge < -0.3 is 28.8 Å². The van der Waals surface area contributed by atoms with Crippen LogP contribution < -0.4 is 0 Å². The Hall–Kier alpha value is -0.730. The van der Waals surface area contributed by atoms with Crippen molar-refractivity contribution in [3.63, 3.8) is 0 Å². The molecule has 17 atom stereocenters. The van der Waals surface area contributed by atoms with Gasteiger partial charge in [-0.3, -0.25) is 4.79 Å². The Kier molecular flexibility index (Phi) is 8.61. The maximum atomic E-state index is 12.5. The van der Waals surface area contributed by atoms with E-state index < -0.39 is 18.2 Å². The highest BCUT2D eigenvalue weighted by molar-refractivity contribution is 5.66. The topological polar surface area (TPSA) is 83.5 Å². The van der Waals surface area contributed by atoms with E-state index in [9.17, 15) is 9.90 Å². The van der Waals surface area contributed by atoms with Gasteiger partial charge in [-0.2, -0.15) is 0 Å². The van der Waals surface area contributed by atoms with Crippen LogP contribution in [0.1, 0.15) is 106 Å². The number of carbonyl (C=O) groups is 1. The summed E-state index contributed by atoms with van der Waals surface area (Å²) in [6, 6.07) is 0. The lowest BCUT2D eigenvalue weighted by Gasteiger charge is -2.55. The number of esters is 1. The Labute approximate surface area is 247 Å². The molecule has 1 N–H and O–H groups in total. The maximum Gasteiger partial charge on any atom is 0.302 e. The molecule has 0 amide bonds. The summed E-state index contributed by atoms with van der Waals surface area (Å²) in [7, 11) is 0. The van der Waals surface area contributed by atoms with E-state index >= 15 is 0 Å². The number of rotatable bonds is 4. The van der Waals surface area contributed by atoms with Crippen LogP contribution in [0.5, 0.6) is 0 Å². The van der Waals surface area contributed by atoms with Gasteiger partial charge in [0.25, 0.3) is 0 Å². The summed E-state index contributed by atoms with van der Waals surface area (Å²) in [6.07, 6.45) is 7.92. The first kappa shape index (κ1) is 30.3. The Morgan fingerprint density at radius 1 is 0.805 bits per heavy atom. The number of ether oxygens (including phenoxy) is 5. The highest BCUT2D eigenvalue weighted by atomic mass is 16.7. The predicted molar refractivity (Wildman–Crippen MR) is 154 cm³/mol. The summed E-state index contributed by atoms with van der Waals surface area (Å²) in [5.74, 6) is 3.13. The molecule has 2 saturated carbocycles. The molecule has 6 aliphatic rings. The Morgan fingerprint density at radius 3 is 2.10 bits per heavy atom. The van der Waals surface area contributed by atoms with Gasteiger partial charge in [-0.1, -0.05) is 40.5 Å². The van der Waals surface area contributed by atoms with Crippen LogP contribution in [0.4, 0.5) is 0 Å². The van der Waals surface area contributed by atoms with Gasteiger partial charge in [0.15, 0.2) is 18.4 Å². The second-order valence-electron chi connectivity index (χ2n) is 15.4. The van der Waals surface area contributed by atoms with Gasteiger partial charge >= 0.3 is 5.97 Å². The zero-order chi connectivity index (χ0) is 29.2. The minimum absolute atomic E-state index is 0.0734. The third-order valence-corrected chi connectivity index (χ3v) is 12.8. The summed E-state index contributed by atoms with van der Waals surface area (Å²) in [5, 5.41) is 11.1.